The van der Waals surface area contributed by atoms with Gasteiger partial charge in [0.2, 0.25) is 0 Å². The van der Waals surface area contributed by atoms with Gasteiger partial charge in [0.1, 0.15) is 0 Å². The summed E-state index contributed by atoms with van der Waals surface area (Å²) in [5.74, 6) is 0. The van der Waals surface area contributed by atoms with Crippen LogP contribution in [0.15, 0.2) is 11.8 Å². The Hall–Kier alpha value is 0.117. The summed E-state index contributed by atoms with van der Waals surface area (Å²) in [6.07, 6.45) is 4.04. The molecule has 0 aliphatic carbocycles. The fourth-order valence-corrected chi connectivity index (χ4v) is 0.228. The van der Waals surface area contributed by atoms with Gasteiger partial charge in [-0.3, -0.25) is 0 Å². The molecule has 0 rings (SSSR count). The predicted molar refractivity (Wildman–Crippen MR) is 27.3 cm³/mol. The van der Waals surface area contributed by atoms with Crippen LogP contribution in [0.25, 0.3) is 0 Å². The fourth-order valence-electron chi connectivity index (χ4n) is 0.228. The van der Waals surface area contributed by atoms with Crippen molar-refractivity contribution in [1.29, 1.82) is 0 Å². The van der Waals surface area contributed by atoms with Crippen molar-refractivity contribution in [2.24, 2.45) is 0 Å². The molecule has 0 nitrogen and oxygen atoms in total. The maximum absolute atomic E-state index is 4.91. The first kappa shape index (κ1) is 10.2. The number of allylic oxidation sites excluding steroid dienone is 1. The van der Waals surface area contributed by atoms with Gasteiger partial charge in [-0.15, -0.1) is 0 Å². The summed E-state index contributed by atoms with van der Waals surface area (Å²) in [5, 5.41) is 0. The van der Waals surface area contributed by atoms with Crippen LogP contribution in [-0.2, 0) is 0 Å². The second kappa shape index (κ2) is 9.45. The molecule has 0 saturated heterocycles. The van der Waals surface area contributed by atoms with Crippen LogP contribution >= 0.6 is 0 Å². The smallest absolute Gasteiger partial charge is 0.339 e. The topological polar surface area (TPSA) is 0 Å². The third-order valence-electron chi connectivity index (χ3n) is 0.551. The van der Waals surface area contributed by atoms with Crippen LogP contribution in [0.2, 0.25) is 0 Å². The quantitative estimate of drug-likeness (QED) is 0.229. The summed E-state index contributed by atoms with van der Waals surface area (Å²) < 4.78 is 0. The molecule has 0 saturated carbocycles. The van der Waals surface area contributed by atoms with Gasteiger partial charge in [-0.25, -0.2) is 6.58 Å². The predicted octanol–water partition coefficient (Wildman–Crippen LogP) is -1.07. The molecule has 0 aliphatic rings. The number of hydrogen-bond acceptors (Lipinski definition) is 0. The van der Waals surface area contributed by atoms with Crippen molar-refractivity contribution in [3.8, 4) is 0 Å². The van der Waals surface area contributed by atoms with E-state index in [0.717, 1.165) is 12.8 Å². The van der Waals surface area contributed by atoms with Crippen molar-refractivity contribution in [3.63, 3.8) is 0 Å². The normalized spacial score (nSPS) is 5.86. The van der Waals surface area contributed by atoms with Gasteiger partial charge in [-0.1, -0.05) is 19.8 Å². The fraction of sp³-hybridized carbons (Fsp3) is 0.500. The standard InChI is InChI=1S/C6H9.Li/c1-3-5-6-4-2;/h1,5H,4,6H2,2H3;/q-1;+1. The molecule has 1 heteroatoms. The van der Waals surface area contributed by atoms with Gasteiger partial charge in [-0.05, 0) is 0 Å². The van der Waals surface area contributed by atoms with Crippen LogP contribution in [0, 0.1) is 6.58 Å². The molecule has 0 N–H and O–H groups in total. The number of hydrogen-bond donors (Lipinski definition) is 0. The van der Waals surface area contributed by atoms with E-state index in [1.165, 1.54) is 0 Å². The SMILES string of the molecule is [CH-]=C=CCCC.[Li+]. The van der Waals surface area contributed by atoms with Crippen molar-refractivity contribution < 1.29 is 18.9 Å². The van der Waals surface area contributed by atoms with E-state index in [-0.39, 0.29) is 18.9 Å². The van der Waals surface area contributed by atoms with Crippen LogP contribution < -0.4 is 18.9 Å². The molecular weight excluding hydrogens is 79.0 g/mol. The minimum atomic E-state index is 0. The first-order valence-electron chi connectivity index (χ1n) is 2.19. The molecule has 34 valence electrons. The Morgan fingerprint density at radius 1 is 1.71 bits per heavy atom. The zero-order valence-corrected chi connectivity index (χ0v) is 5.07. The first-order chi connectivity index (χ1) is 2.91. The monoisotopic (exact) mass is 88.1 g/mol. The van der Waals surface area contributed by atoms with E-state index in [4.69, 9.17) is 6.58 Å². The summed E-state index contributed by atoms with van der Waals surface area (Å²) in [5.41, 5.74) is 2.44. The Balaban J connectivity index is 0. The van der Waals surface area contributed by atoms with Crippen LogP contribution in [0.5, 0.6) is 0 Å². The average Bonchev–Trinajstić information content (AvgIpc) is 1.61. The minimum Gasteiger partial charge on any atom is -0.339 e. The van der Waals surface area contributed by atoms with Gasteiger partial charge in [-0.2, -0.15) is 6.08 Å². The Bertz CT molecular complexity index is 60.6. The van der Waals surface area contributed by atoms with Crippen molar-refractivity contribution in [2.75, 3.05) is 0 Å². The largest absolute Gasteiger partial charge is 1.00 e. The molecule has 0 bridgehead atoms. The number of rotatable bonds is 2. The van der Waals surface area contributed by atoms with Crippen molar-refractivity contribution in [2.45, 2.75) is 19.8 Å². The van der Waals surface area contributed by atoms with E-state index in [1.807, 2.05) is 6.08 Å². The van der Waals surface area contributed by atoms with E-state index >= 15 is 0 Å². The van der Waals surface area contributed by atoms with Gasteiger partial charge in [0.05, 0.1) is 0 Å². The van der Waals surface area contributed by atoms with Gasteiger partial charge in [0, 0.05) is 0 Å². The minimum absolute atomic E-state index is 0. The molecule has 0 heterocycles. The summed E-state index contributed by atoms with van der Waals surface area (Å²) in [6, 6.07) is 0. The Kier molecular flexibility index (Phi) is 13.7. The van der Waals surface area contributed by atoms with E-state index in [0.29, 0.717) is 0 Å². The summed E-state index contributed by atoms with van der Waals surface area (Å²) in [7, 11) is 0. The zero-order chi connectivity index (χ0) is 4.83. The molecule has 0 radical (unpaired) electrons. The first-order valence-corrected chi connectivity index (χ1v) is 2.19. The molecule has 0 fully saturated rings. The van der Waals surface area contributed by atoms with Crippen LogP contribution in [-0.4, -0.2) is 0 Å². The zero-order valence-electron chi connectivity index (χ0n) is 5.07. The van der Waals surface area contributed by atoms with Gasteiger partial charge in [0.15, 0.2) is 0 Å². The summed E-state index contributed by atoms with van der Waals surface area (Å²) in [4.78, 5) is 0. The maximum atomic E-state index is 4.91. The summed E-state index contributed by atoms with van der Waals surface area (Å²) in [6.45, 7) is 7.01. The van der Waals surface area contributed by atoms with E-state index < -0.39 is 0 Å². The maximum Gasteiger partial charge on any atom is 1.00 e. The molecule has 0 aliphatic heterocycles. The number of unbranched alkanes of at least 4 members (excludes halogenated alkanes) is 1. The van der Waals surface area contributed by atoms with E-state index in [9.17, 15) is 0 Å². The Morgan fingerprint density at radius 3 is 2.43 bits per heavy atom. The van der Waals surface area contributed by atoms with Gasteiger partial charge < -0.3 is 5.73 Å². The molecule has 7 heavy (non-hydrogen) atoms. The van der Waals surface area contributed by atoms with Crippen molar-refractivity contribution in [1.82, 2.24) is 0 Å². The third-order valence-corrected chi connectivity index (χ3v) is 0.551. The van der Waals surface area contributed by atoms with Crippen molar-refractivity contribution >= 4 is 0 Å². The third kappa shape index (κ3) is 10.7. The molecule has 0 aromatic rings. The van der Waals surface area contributed by atoms with Gasteiger partial charge >= 0.3 is 18.9 Å². The van der Waals surface area contributed by atoms with Crippen LogP contribution in [0.3, 0.4) is 0 Å². The second-order valence-electron chi connectivity index (χ2n) is 1.16. The van der Waals surface area contributed by atoms with Crippen molar-refractivity contribution in [3.05, 3.63) is 18.4 Å². The Morgan fingerprint density at radius 2 is 2.29 bits per heavy atom. The molecule has 0 aromatic carbocycles. The van der Waals surface area contributed by atoms with Gasteiger partial charge in [0.25, 0.3) is 0 Å². The van der Waals surface area contributed by atoms with E-state index in [2.05, 4.69) is 12.7 Å². The molecule has 0 unspecified atom stereocenters. The molecule has 0 aromatic heterocycles. The second-order valence-corrected chi connectivity index (χ2v) is 1.16. The Labute approximate surface area is 57.5 Å². The summed E-state index contributed by atoms with van der Waals surface area (Å²) >= 11 is 0. The van der Waals surface area contributed by atoms with Crippen LogP contribution in [0.1, 0.15) is 19.8 Å². The van der Waals surface area contributed by atoms with Crippen LogP contribution in [0.4, 0.5) is 0 Å². The molecule has 0 atom stereocenters. The van der Waals surface area contributed by atoms with E-state index in [1.54, 1.807) is 0 Å². The average molecular weight is 88.1 g/mol. The molecule has 0 spiro atoms. The molecular formula is C6H9Li. The molecule has 0 amide bonds.